The van der Waals surface area contributed by atoms with E-state index in [9.17, 15) is 9.59 Å². The Balaban J connectivity index is 1.89. The fourth-order valence-corrected chi connectivity index (χ4v) is 4.55. The summed E-state index contributed by atoms with van der Waals surface area (Å²) in [6.45, 7) is 8.63. The van der Waals surface area contributed by atoms with Crippen molar-refractivity contribution in [1.29, 1.82) is 0 Å². The van der Waals surface area contributed by atoms with Crippen molar-refractivity contribution < 1.29 is 4.42 Å². The van der Waals surface area contributed by atoms with Gasteiger partial charge in [0, 0.05) is 16.3 Å². The zero-order valence-electron chi connectivity index (χ0n) is 16.4. The molecule has 0 saturated heterocycles. The Morgan fingerprint density at radius 3 is 2.64 bits per heavy atom. The summed E-state index contributed by atoms with van der Waals surface area (Å²) >= 11 is 1.55. The highest BCUT2D eigenvalue weighted by molar-refractivity contribution is 7.18. The average molecular weight is 394 g/mol. The molecule has 0 aliphatic heterocycles. The van der Waals surface area contributed by atoms with Crippen LogP contribution in [0.4, 0.5) is 0 Å². The van der Waals surface area contributed by atoms with Gasteiger partial charge in [-0.05, 0) is 54.2 Å². The molecule has 0 saturated carbocycles. The van der Waals surface area contributed by atoms with Gasteiger partial charge in [-0.15, -0.1) is 11.3 Å². The lowest BCUT2D eigenvalue weighted by Crippen LogP contribution is -2.21. The first kappa shape index (κ1) is 18.6. The van der Waals surface area contributed by atoms with Crippen LogP contribution in [0.2, 0.25) is 0 Å². The fourth-order valence-electron chi connectivity index (χ4n) is 3.62. The molecule has 6 heteroatoms. The van der Waals surface area contributed by atoms with Gasteiger partial charge in [-0.25, -0.2) is 9.78 Å². The molecule has 5 nitrogen and oxygen atoms in total. The second kappa shape index (κ2) is 7.02. The van der Waals surface area contributed by atoms with Gasteiger partial charge in [0.05, 0.1) is 18.3 Å². The van der Waals surface area contributed by atoms with Crippen molar-refractivity contribution in [3.8, 4) is 0 Å². The van der Waals surface area contributed by atoms with Crippen molar-refractivity contribution in [2.75, 3.05) is 0 Å². The fraction of sp³-hybridized carbons (Fsp3) is 0.318. The minimum Gasteiger partial charge on any atom is -0.423 e. The maximum atomic E-state index is 12.9. The third-order valence-corrected chi connectivity index (χ3v) is 6.28. The number of rotatable bonds is 4. The van der Waals surface area contributed by atoms with Crippen molar-refractivity contribution >= 4 is 32.5 Å². The van der Waals surface area contributed by atoms with Gasteiger partial charge >= 0.3 is 5.63 Å². The Hall–Kier alpha value is -2.73. The zero-order chi connectivity index (χ0) is 20.0. The molecule has 0 aliphatic carbocycles. The second-order valence-electron chi connectivity index (χ2n) is 7.41. The summed E-state index contributed by atoms with van der Waals surface area (Å²) in [6.07, 6.45) is 2.45. The Morgan fingerprint density at radius 1 is 1.14 bits per heavy atom. The lowest BCUT2D eigenvalue weighted by molar-refractivity contribution is 0.556. The minimum absolute atomic E-state index is 0.0847. The van der Waals surface area contributed by atoms with Crippen LogP contribution >= 0.6 is 11.3 Å². The first-order valence-corrected chi connectivity index (χ1v) is 10.2. The average Bonchev–Trinajstić information content (AvgIpc) is 3.07. The maximum Gasteiger partial charge on any atom is 0.336 e. The predicted molar refractivity (Wildman–Crippen MR) is 114 cm³/mol. The molecule has 0 spiro atoms. The summed E-state index contributed by atoms with van der Waals surface area (Å²) in [5.41, 5.74) is 3.11. The quantitative estimate of drug-likeness (QED) is 0.474. The molecule has 0 N–H and O–H groups in total. The van der Waals surface area contributed by atoms with E-state index >= 15 is 0 Å². The minimum atomic E-state index is -0.412. The number of hydrogen-bond acceptors (Lipinski definition) is 5. The Bertz CT molecular complexity index is 1310. The standard InChI is InChI=1S/C22H22N2O3S/c1-5-15-8-18-21(28-15)23-11-24(22(18)26)10-14-7-20(25)27-19-6-13(4)16(12(2)3)9-17(14)19/h6-9,11-12H,5,10H2,1-4H3. The molecule has 0 bridgehead atoms. The highest BCUT2D eigenvalue weighted by Crippen LogP contribution is 2.27. The summed E-state index contributed by atoms with van der Waals surface area (Å²) in [5.74, 6) is 0.350. The smallest absolute Gasteiger partial charge is 0.336 e. The third-order valence-electron chi connectivity index (χ3n) is 5.10. The number of aromatic nitrogens is 2. The van der Waals surface area contributed by atoms with Crippen LogP contribution in [0, 0.1) is 6.92 Å². The first-order chi connectivity index (χ1) is 13.4. The topological polar surface area (TPSA) is 65.1 Å². The maximum absolute atomic E-state index is 12.9. The van der Waals surface area contributed by atoms with Gasteiger partial charge in [0.15, 0.2) is 0 Å². The number of thiophene rings is 1. The molecular formula is C22H22N2O3S. The van der Waals surface area contributed by atoms with E-state index in [0.717, 1.165) is 32.6 Å². The lowest BCUT2D eigenvalue weighted by atomic mass is 9.95. The highest BCUT2D eigenvalue weighted by atomic mass is 32.1. The Labute approximate surface area is 166 Å². The summed E-state index contributed by atoms with van der Waals surface area (Å²) in [4.78, 5) is 31.4. The number of nitrogens with zero attached hydrogens (tertiary/aromatic N) is 2. The molecule has 4 rings (SSSR count). The van der Waals surface area contributed by atoms with Crippen LogP contribution < -0.4 is 11.2 Å². The molecule has 0 atom stereocenters. The van der Waals surface area contributed by atoms with Gasteiger partial charge < -0.3 is 4.42 Å². The number of fused-ring (bicyclic) bond motifs is 2. The van der Waals surface area contributed by atoms with Crippen molar-refractivity contribution in [1.82, 2.24) is 9.55 Å². The molecule has 0 amide bonds. The number of benzene rings is 1. The predicted octanol–water partition coefficient (Wildman–Crippen LogP) is 4.61. The normalized spacial score (nSPS) is 11.8. The number of hydrogen-bond donors (Lipinski definition) is 0. The van der Waals surface area contributed by atoms with Crippen LogP contribution in [0.1, 0.15) is 48.3 Å². The van der Waals surface area contributed by atoms with Gasteiger partial charge in [0.25, 0.3) is 5.56 Å². The molecule has 144 valence electrons. The summed E-state index contributed by atoms with van der Waals surface area (Å²) in [6, 6.07) is 7.38. The van der Waals surface area contributed by atoms with Crippen molar-refractivity contribution in [3.05, 3.63) is 72.9 Å². The molecule has 0 radical (unpaired) electrons. The van der Waals surface area contributed by atoms with E-state index in [1.165, 1.54) is 11.6 Å². The van der Waals surface area contributed by atoms with E-state index in [1.807, 2.05) is 19.1 Å². The van der Waals surface area contributed by atoms with Gasteiger partial charge in [-0.1, -0.05) is 20.8 Å². The molecule has 4 aromatic rings. The molecule has 3 aromatic heterocycles. The SMILES string of the molecule is CCc1cc2c(=O)n(Cc3cc(=O)oc4cc(C)c(C(C)C)cc34)cnc2s1. The molecule has 3 heterocycles. The summed E-state index contributed by atoms with van der Waals surface area (Å²) in [5, 5.41) is 1.50. The van der Waals surface area contributed by atoms with Crippen LogP contribution in [0.25, 0.3) is 21.2 Å². The highest BCUT2D eigenvalue weighted by Gasteiger charge is 2.14. The summed E-state index contributed by atoms with van der Waals surface area (Å²) < 4.78 is 6.98. The molecular weight excluding hydrogens is 372 g/mol. The second-order valence-corrected chi connectivity index (χ2v) is 8.53. The van der Waals surface area contributed by atoms with Crippen LogP contribution in [-0.2, 0) is 13.0 Å². The lowest BCUT2D eigenvalue weighted by Gasteiger charge is -2.13. The summed E-state index contributed by atoms with van der Waals surface area (Å²) in [7, 11) is 0. The van der Waals surface area contributed by atoms with E-state index in [0.29, 0.717) is 16.9 Å². The molecule has 28 heavy (non-hydrogen) atoms. The molecule has 0 unspecified atom stereocenters. The first-order valence-electron chi connectivity index (χ1n) is 9.42. The molecule has 1 aromatic carbocycles. The van der Waals surface area contributed by atoms with Gasteiger partial charge in [0.2, 0.25) is 0 Å². The van der Waals surface area contributed by atoms with Crippen LogP contribution in [0.5, 0.6) is 0 Å². The molecule has 0 aliphatic rings. The monoisotopic (exact) mass is 394 g/mol. The third kappa shape index (κ3) is 3.18. The van der Waals surface area contributed by atoms with E-state index in [2.05, 4.69) is 31.8 Å². The Morgan fingerprint density at radius 2 is 1.93 bits per heavy atom. The zero-order valence-corrected chi connectivity index (χ0v) is 17.2. The van der Waals surface area contributed by atoms with Crippen molar-refractivity contribution in [2.45, 2.75) is 46.6 Å². The van der Waals surface area contributed by atoms with E-state index in [-0.39, 0.29) is 12.1 Å². The largest absolute Gasteiger partial charge is 0.423 e. The number of aryl methyl sites for hydroxylation is 2. The van der Waals surface area contributed by atoms with E-state index in [1.54, 1.807) is 22.2 Å². The van der Waals surface area contributed by atoms with Crippen molar-refractivity contribution in [2.24, 2.45) is 0 Å². The van der Waals surface area contributed by atoms with Crippen LogP contribution in [0.15, 0.2) is 44.6 Å². The Kier molecular flexibility index (Phi) is 4.67. The van der Waals surface area contributed by atoms with E-state index in [4.69, 9.17) is 4.42 Å². The van der Waals surface area contributed by atoms with Crippen LogP contribution in [0.3, 0.4) is 0 Å². The van der Waals surface area contributed by atoms with E-state index < -0.39 is 5.63 Å². The van der Waals surface area contributed by atoms with Gasteiger partial charge in [-0.3, -0.25) is 9.36 Å². The van der Waals surface area contributed by atoms with Crippen molar-refractivity contribution in [3.63, 3.8) is 0 Å². The van der Waals surface area contributed by atoms with Gasteiger partial charge in [-0.2, -0.15) is 0 Å². The molecule has 0 fully saturated rings. The van der Waals surface area contributed by atoms with Gasteiger partial charge in [0.1, 0.15) is 10.4 Å². The van der Waals surface area contributed by atoms with Crippen LogP contribution in [-0.4, -0.2) is 9.55 Å².